The van der Waals surface area contributed by atoms with Crippen molar-refractivity contribution in [3.8, 4) is 17.0 Å². The zero-order valence-corrected chi connectivity index (χ0v) is 23.8. The Morgan fingerprint density at radius 3 is 2.65 bits per heavy atom. The molecule has 0 amide bonds. The smallest absolute Gasteiger partial charge is 0.180 e. The number of carbonyl (C=O) groups excluding carboxylic acids is 1. The number of hydrogen-bond donors (Lipinski definition) is 1. The summed E-state index contributed by atoms with van der Waals surface area (Å²) >= 11 is 13.1. The fourth-order valence-electron chi connectivity index (χ4n) is 5.02. The molecule has 7 nitrogen and oxygen atoms in total. The van der Waals surface area contributed by atoms with Crippen molar-refractivity contribution in [1.29, 1.82) is 0 Å². The molecule has 3 heterocycles. The summed E-state index contributed by atoms with van der Waals surface area (Å²) in [5, 5.41) is 16.4. The van der Waals surface area contributed by atoms with E-state index in [2.05, 4.69) is 10.1 Å². The summed E-state index contributed by atoms with van der Waals surface area (Å²) in [5.74, 6) is 1.16. The molecule has 2 aromatic carbocycles. The van der Waals surface area contributed by atoms with Crippen LogP contribution in [0.15, 0.2) is 59.3 Å². The first kappa shape index (κ1) is 28.1. The van der Waals surface area contributed by atoms with Gasteiger partial charge in [-0.3, -0.25) is 4.79 Å². The van der Waals surface area contributed by atoms with E-state index in [9.17, 15) is 9.90 Å². The van der Waals surface area contributed by atoms with Crippen LogP contribution >= 0.6 is 23.2 Å². The lowest BCUT2D eigenvalue weighted by Crippen LogP contribution is -2.31. The topological polar surface area (TPSA) is 88.7 Å². The Morgan fingerprint density at radius 2 is 2.00 bits per heavy atom. The minimum atomic E-state index is -1.80. The van der Waals surface area contributed by atoms with Gasteiger partial charge in [-0.2, -0.15) is 0 Å². The van der Waals surface area contributed by atoms with Crippen LogP contribution in [0.1, 0.15) is 53.1 Å². The summed E-state index contributed by atoms with van der Waals surface area (Å²) < 4.78 is 26.6. The average molecular weight is 584 g/mol. The molecule has 4 aromatic rings. The van der Waals surface area contributed by atoms with Crippen LogP contribution in [0.5, 0.6) is 5.75 Å². The summed E-state index contributed by atoms with van der Waals surface area (Å²) in [4.78, 5) is 17.2. The number of benzene rings is 2. The highest BCUT2D eigenvalue weighted by molar-refractivity contribution is 6.33. The molecule has 0 bridgehead atoms. The van der Waals surface area contributed by atoms with E-state index >= 15 is 4.39 Å². The van der Waals surface area contributed by atoms with Crippen molar-refractivity contribution in [2.75, 3.05) is 18.0 Å². The van der Waals surface area contributed by atoms with Gasteiger partial charge in [0.2, 0.25) is 0 Å². The Morgan fingerprint density at radius 1 is 1.20 bits per heavy atom. The van der Waals surface area contributed by atoms with Gasteiger partial charge in [0.15, 0.2) is 17.7 Å². The van der Waals surface area contributed by atoms with Crippen LogP contribution in [0.25, 0.3) is 11.3 Å². The number of alkyl halides is 1. The van der Waals surface area contributed by atoms with E-state index in [4.69, 9.17) is 32.5 Å². The first-order valence-corrected chi connectivity index (χ1v) is 13.5. The van der Waals surface area contributed by atoms with Gasteiger partial charge in [0.25, 0.3) is 0 Å². The molecule has 1 aliphatic heterocycles. The molecule has 0 aliphatic carbocycles. The second-order valence-corrected chi connectivity index (χ2v) is 11.3. The highest BCUT2D eigenvalue weighted by Gasteiger charge is 2.40. The highest BCUT2D eigenvalue weighted by Crippen LogP contribution is 2.41. The standard InChI is InChI=1S/C30H28Cl2FN3O4/c1-18-5-4-6-23(31)26(18)27-21(28(40-35-27)29(2,3)33)16-39-20-8-9-22(24(32)13-20)30(38)11-12-36(17-30)25-10-7-19(15-37)14-34-25/h4-10,13-15,38H,11-12,16-17H2,1-3H3. The zero-order valence-electron chi connectivity index (χ0n) is 22.2. The molecule has 0 spiro atoms. The SMILES string of the molecule is Cc1cccc(Cl)c1-c1noc(C(C)(C)F)c1COc1ccc(C2(O)CCN(c3ccc(C=O)cn3)C2)c(Cl)c1. The number of aliphatic hydroxyl groups is 1. The van der Waals surface area contributed by atoms with Crippen molar-refractivity contribution >= 4 is 35.3 Å². The van der Waals surface area contributed by atoms with Gasteiger partial charge in [0, 0.05) is 29.4 Å². The number of anilines is 1. The molecule has 5 rings (SSSR count). The van der Waals surface area contributed by atoms with E-state index in [-0.39, 0.29) is 18.9 Å². The zero-order chi connectivity index (χ0) is 28.7. The number of hydrogen-bond acceptors (Lipinski definition) is 7. The maximum Gasteiger partial charge on any atom is 0.180 e. The van der Waals surface area contributed by atoms with Gasteiger partial charge in [0.05, 0.1) is 22.2 Å². The monoisotopic (exact) mass is 583 g/mol. The minimum Gasteiger partial charge on any atom is -0.489 e. The Labute approximate surface area is 241 Å². The second kappa shape index (κ2) is 10.8. The van der Waals surface area contributed by atoms with E-state index in [1.165, 1.54) is 20.0 Å². The van der Waals surface area contributed by atoms with E-state index in [0.717, 1.165) is 11.8 Å². The van der Waals surface area contributed by atoms with Gasteiger partial charge in [-0.05, 0) is 63.1 Å². The molecule has 0 radical (unpaired) electrons. The first-order valence-electron chi connectivity index (χ1n) is 12.7. The van der Waals surface area contributed by atoms with Gasteiger partial charge in [-0.15, -0.1) is 0 Å². The molecule has 208 valence electrons. The molecule has 10 heteroatoms. The third kappa shape index (κ3) is 5.44. The molecule has 40 heavy (non-hydrogen) atoms. The predicted molar refractivity (Wildman–Crippen MR) is 152 cm³/mol. The van der Waals surface area contributed by atoms with Crippen molar-refractivity contribution in [3.05, 3.63) is 92.8 Å². The van der Waals surface area contributed by atoms with Gasteiger partial charge >= 0.3 is 0 Å². The number of rotatable bonds is 8. The van der Waals surface area contributed by atoms with Crippen LogP contribution in [0.2, 0.25) is 10.0 Å². The van der Waals surface area contributed by atoms with Crippen LogP contribution < -0.4 is 9.64 Å². The lowest BCUT2D eigenvalue weighted by Gasteiger charge is -2.25. The summed E-state index contributed by atoms with van der Waals surface area (Å²) in [6.45, 7) is 5.49. The Kier molecular flexibility index (Phi) is 7.61. The highest BCUT2D eigenvalue weighted by atomic mass is 35.5. The van der Waals surface area contributed by atoms with Crippen LogP contribution in [-0.4, -0.2) is 34.6 Å². The second-order valence-electron chi connectivity index (χ2n) is 10.4. The number of β-amino-alcohol motifs (C(OH)–C–C–N with tert-alkyl or cyclic N) is 1. The number of halogens is 3. The largest absolute Gasteiger partial charge is 0.489 e. The number of aldehydes is 1. The molecule has 1 aliphatic rings. The fourth-order valence-corrected chi connectivity index (χ4v) is 5.68. The third-order valence-electron chi connectivity index (χ3n) is 7.09. The summed E-state index contributed by atoms with van der Waals surface area (Å²) in [6, 6.07) is 14.0. The normalized spacial score (nSPS) is 17.3. The van der Waals surface area contributed by atoms with Crippen LogP contribution in [0.3, 0.4) is 0 Å². The van der Waals surface area contributed by atoms with E-state index in [1.807, 2.05) is 24.0 Å². The van der Waals surface area contributed by atoms with Gasteiger partial charge in [-0.1, -0.05) is 46.6 Å². The summed E-state index contributed by atoms with van der Waals surface area (Å²) in [5.41, 5.74) is 0.431. The number of ether oxygens (including phenoxy) is 1. The first-order chi connectivity index (χ1) is 19.0. The van der Waals surface area contributed by atoms with Crippen molar-refractivity contribution in [1.82, 2.24) is 10.1 Å². The predicted octanol–water partition coefficient (Wildman–Crippen LogP) is 7.05. The summed E-state index contributed by atoms with van der Waals surface area (Å²) in [6.07, 6.45) is 2.68. The number of carbonyl (C=O) groups is 1. The molecule has 1 fully saturated rings. The Hall–Kier alpha value is -3.46. The molecular formula is C30H28Cl2FN3O4. The number of aryl methyl sites for hydroxylation is 1. The number of aromatic nitrogens is 2. The van der Waals surface area contributed by atoms with Gasteiger partial charge in [0.1, 0.15) is 29.5 Å². The number of nitrogens with zero attached hydrogens (tertiary/aromatic N) is 3. The molecule has 1 saturated heterocycles. The summed E-state index contributed by atoms with van der Waals surface area (Å²) in [7, 11) is 0. The third-order valence-corrected chi connectivity index (χ3v) is 7.72. The van der Waals surface area contributed by atoms with Crippen LogP contribution in [0, 0.1) is 6.92 Å². The average Bonchev–Trinajstić information content (AvgIpc) is 3.52. The van der Waals surface area contributed by atoms with Gasteiger partial charge in [-0.25, -0.2) is 9.37 Å². The van der Waals surface area contributed by atoms with Crippen molar-refractivity contribution in [2.45, 2.75) is 45.1 Å². The van der Waals surface area contributed by atoms with Crippen molar-refractivity contribution in [2.24, 2.45) is 0 Å². The molecule has 1 N–H and O–H groups in total. The number of pyridine rings is 1. The molecule has 0 saturated carbocycles. The van der Waals surface area contributed by atoms with Crippen molar-refractivity contribution in [3.63, 3.8) is 0 Å². The van der Waals surface area contributed by atoms with Crippen LogP contribution in [0.4, 0.5) is 10.2 Å². The maximum absolute atomic E-state index is 15.1. The molecule has 2 aromatic heterocycles. The lowest BCUT2D eigenvalue weighted by molar-refractivity contribution is 0.0606. The fraction of sp³-hybridized carbons (Fsp3) is 0.300. The van der Waals surface area contributed by atoms with E-state index in [1.54, 1.807) is 36.4 Å². The Balaban J connectivity index is 1.37. The molecule has 1 atom stereocenters. The van der Waals surface area contributed by atoms with Crippen molar-refractivity contribution < 1.29 is 23.6 Å². The van der Waals surface area contributed by atoms with Crippen LogP contribution in [-0.2, 0) is 17.9 Å². The maximum atomic E-state index is 15.1. The quantitative estimate of drug-likeness (QED) is 0.222. The Bertz CT molecular complexity index is 1530. The van der Waals surface area contributed by atoms with E-state index < -0.39 is 11.3 Å². The van der Waals surface area contributed by atoms with E-state index in [0.29, 0.717) is 62.5 Å². The molecule has 1 unspecified atom stereocenters. The lowest BCUT2D eigenvalue weighted by atomic mass is 9.93. The molecular weight excluding hydrogens is 556 g/mol. The van der Waals surface area contributed by atoms with Gasteiger partial charge < -0.3 is 19.3 Å². The minimum absolute atomic E-state index is 0.0393.